The third-order valence-electron chi connectivity index (χ3n) is 3.57. The predicted molar refractivity (Wildman–Crippen MR) is 62.9 cm³/mol. The summed E-state index contributed by atoms with van der Waals surface area (Å²) in [6, 6.07) is -0.301. The van der Waals surface area contributed by atoms with Crippen LogP contribution < -0.4 is 5.32 Å². The van der Waals surface area contributed by atoms with Crippen LogP contribution in [0.4, 0.5) is 0 Å². The molecule has 1 aliphatic rings. The second-order valence-corrected chi connectivity index (χ2v) is 4.76. The summed E-state index contributed by atoms with van der Waals surface area (Å²) >= 11 is 0. The number of carbonyl (C=O) groups excluding carboxylic acids is 2. The van der Waals surface area contributed by atoms with Crippen molar-refractivity contribution in [3.8, 4) is 0 Å². The van der Waals surface area contributed by atoms with E-state index in [-0.39, 0.29) is 23.9 Å². The van der Waals surface area contributed by atoms with Gasteiger partial charge in [-0.15, -0.1) is 0 Å². The van der Waals surface area contributed by atoms with Crippen LogP contribution in [0.1, 0.15) is 47.5 Å². The standard InChI is InChI=1S/C12H22N2O2/c1-6-12(7-2)11(16)14(8(3)4)9(5)10(15)13-12/h8-9H,6-7H2,1-5H3,(H,13,15). The lowest BCUT2D eigenvalue weighted by molar-refractivity contribution is -0.156. The lowest BCUT2D eigenvalue weighted by Crippen LogP contribution is -2.70. The van der Waals surface area contributed by atoms with E-state index >= 15 is 0 Å². The molecule has 1 N–H and O–H groups in total. The van der Waals surface area contributed by atoms with Gasteiger partial charge >= 0.3 is 0 Å². The van der Waals surface area contributed by atoms with Crippen LogP contribution in [0.15, 0.2) is 0 Å². The average molecular weight is 226 g/mol. The first-order valence-electron chi connectivity index (χ1n) is 6.04. The van der Waals surface area contributed by atoms with Crippen LogP contribution in [0.5, 0.6) is 0 Å². The van der Waals surface area contributed by atoms with Crippen molar-refractivity contribution in [3.63, 3.8) is 0 Å². The molecule has 92 valence electrons. The fraction of sp³-hybridized carbons (Fsp3) is 0.833. The van der Waals surface area contributed by atoms with Crippen molar-refractivity contribution in [3.05, 3.63) is 0 Å². The highest BCUT2D eigenvalue weighted by atomic mass is 16.2. The number of piperazine rings is 1. The Morgan fingerprint density at radius 2 is 1.81 bits per heavy atom. The van der Waals surface area contributed by atoms with Crippen molar-refractivity contribution in [2.24, 2.45) is 0 Å². The largest absolute Gasteiger partial charge is 0.340 e. The topological polar surface area (TPSA) is 49.4 Å². The molecular weight excluding hydrogens is 204 g/mol. The van der Waals surface area contributed by atoms with Crippen LogP contribution in [0.2, 0.25) is 0 Å². The van der Waals surface area contributed by atoms with E-state index in [4.69, 9.17) is 0 Å². The quantitative estimate of drug-likeness (QED) is 0.788. The molecule has 4 heteroatoms. The normalized spacial score (nSPS) is 24.9. The smallest absolute Gasteiger partial charge is 0.249 e. The van der Waals surface area contributed by atoms with Gasteiger partial charge in [-0.2, -0.15) is 0 Å². The Labute approximate surface area is 97.4 Å². The van der Waals surface area contributed by atoms with Gasteiger partial charge in [0.1, 0.15) is 11.6 Å². The molecule has 0 aromatic rings. The second-order valence-electron chi connectivity index (χ2n) is 4.76. The molecule has 2 amide bonds. The zero-order valence-electron chi connectivity index (χ0n) is 10.8. The fourth-order valence-electron chi connectivity index (χ4n) is 2.35. The highest BCUT2D eigenvalue weighted by Gasteiger charge is 2.47. The molecule has 0 aliphatic carbocycles. The minimum atomic E-state index is -0.687. The molecule has 0 aromatic carbocycles. The van der Waals surface area contributed by atoms with Gasteiger partial charge in [0.15, 0.2) is 0 Å². The van der Waals surface area contributed by atoms with E-state index < -0.39 is 5.54 Å². The van der Waals surface area contributed by atoms with Gasteiger partial charge in [0, 0.05) is 6.04 Å². The molecule has 0 radical (unpaired) electrons. The van der Waals surface area contributed by atoms with E-state index in [1.807, 2.05) is 27.7 Å². The van der Waals surface area contributed by atoms with E-state index in [9.17, 15) is 9.59 Å². The van der Waals surface area contributed by atoms with E-state index in [1.54, 1.807) is 11.8 Å². The maximum atomic E-state index is 12.4. The molecule has 1 rings (SSSR count). The lowest BCUT2D eigenvalue weighted by atomic mass is 9.87. The Kier molecular flexibility index (Phi) is 3.61. The summed E-state index contributed by atoms with van der Waals surface area (Å²) in [6.07, 6.45) is 1.29. The van der Waals surface area contributed by atoms with E-state index in [1.165, 1.54) is 0 Å². The summed E-state index contributed by atoms with van der Waals surface area (Å²) in [7, 11) is 0. The van der Waals surface area contributed by atoms with Crippen LogP contribution in [0, 0.1) is 0 Å². The van der Waals surface area contributed by atoms with E-state index in [2.05, 4.69) is 5.32 Å². The van der Waals surface area contributed by atoms with E-state index in [0.717, 1.165) is 0 Å². The van der Waals surface area contributed by atoms with Gasteiger partial charge in [0.25, 0.3) is 0 Å². The van der Waals surface area contributed by atoms with Crippen LogP contribution in [-0.2, 0) is 9.59 Å². The zero-order chi connectivity index (χ0) is 12.5. The molecule has 1 saturated heterocycles. The zero-order valence-corrected chi connectivity index (χ0v) is 10.8. The van der Waals surface area contributed by atoms with Crippen molar-refractivity contribution in [2.75, 3.05) is 0 Å². The number of nitrogens with zero attached hydrogens (tertiary/aromatic N) is 1. The Balaban J connectivity index is 3.11. The van der Waals surface area contributed by atoms with Gasteiger partial charge in [-0.05, 0) is 33.6 Å². The van der Waals surface area contributed by atoms with Gasteiger partial charge in [0.2, 0.25) is 11.8 Å². The van der Waals surface area contributed by atoms with Gasteiger partial charge in [0.05, 0.1) is 0 Å². The van der Waals surface area contributed by atoms with Crippen molar-refractivity contribution in [1.82, 2.24) is 10.2 Å². The van der Waals surface area contributed by atoms with Gasteiger partial charge < -0.3 is 10.2 Å². The van der Waals surface area contributed by atoms with Crippen LogP contribution in [0.25, 0.3) is 0 Å². The Morgan fingerprint density at radius 1 is 1.31 bits per heavy atom. The minimum absolute atomic E-state index is 0.0444. The van der Waals surface area contributed by atoms with Crippen molar-refractivity contribution >= 4 is 11.8 Å². The first-order chi connectivity index (χ1) is 7.39. The molecule has 0 saturated carbocycles. The van der Waals surface area contributed by atoms with Crippen molar-refractivity contribution in [2.45, 2.75) is 65.1 Å². The van der Waals surface area contributed by atoms with Crippen LogP contribution >= 0.6 is 0 Å². The highest BCUT2D eigenvalue weighted by molar-refractivity contribution is 5.99. The highest BCUT2D eigenvalue weighted by Crippen LogP contribution is 2.26. The van der Waals surface area contributed by atoms with Gasteiger partial charge in [-0.1, -0.05) is 13.8 Å². The summed E-state index contributed by atoms with van der Waals surface area (Å²) < 4.78 is 0. The van der Waals surface area contributed by atoms with Crippen LogP contribution in [0.3, 0.4) is 0 Å². The monoisotopic (exact) mass is 226 g/mol. The molecule has 0 aromatic heterocycles. The lowest BCUT2D eigenvalue weighted by Gasteiger charge is -2.46. The third kappa shape index (κ3) is 1.81. The molecule has 1 aliphatic heterocycles. The number of hydrogen-bond donors (Lipinski definition) is 1. The fourth-order valence-corrected chi connectivity index (χ4v) is 2.35. The van der Waals surface area contributed by atoms with Gasteiger partial charge in [-0.25, -0.2) is 0 Å². The minimum Gasteiger partial charge on any atom is -0.340 e. The molecular formula is C12H22N2O2. The predicted octanol–water partition coefficient (Wildman–Crippen LogP) is 1.30. The maximum absolute atomic E-state index is 12.4. The molecule has 1 fully saturated rings. The SMILES string of the molecule is CCC1(CC)NC(=O)C(C)N(C(C)C)C1=O. The number of hydrogen-bond acceptors (Lipinski definition) is 2. The van der Waals surface area contributed by atoms with Gasteiger partial charge in [-0.3, -0.25) is 9.59 Å². The molecule has 1 atom stereocenters. The third-order valence-corrected chi connectivity index (χ3v) is 3.57. The average Bonchev–Trinajstić information content (AvgIpc) is 2.23. The first kappa shape index (κ1) is 13.0. The summed E-state index contributed by atoms with van der Waals surface area (Å²) in [6.45, 7) is 9.56. The number of carbonyl (C=O) groups is 2. The maximum Gasteiger partial charge on any atom is 0.249 e. The number of rotatable bonds is 3. The molecule has 0 bridgehead atoms. The molecule has 1 unspecified atom stereocenters. The summed E-state index contributed by atoms with van der Waals surface area (Å²) in [5, 5.41) is 2.88. The number of nitrogens with one attached hydrogen (secondary N) is 1. The van der Waals surface area contributed by atoms with Crippen molar-refractivity contribution in [1.29, 1.82) is 0 Å². The summed E-state index contributed by atoms with van der Waals surface area (Å²) in [5.74, 6) is 0.0107. The van der Waals surface area contributed by atoms with E-state index in [0.29, 0.717) is 12.8 Å². The Morgan fingerprint density at radius 3 is 2.19 bits per heavy atom. The molecule has 4 nitrogen and oxygen atoms in total. The molecule has 16 heavy (non-hydrogen) atoms. The summed E-state index contributed by atoms with van der Waals surface area (Å²) in [4.78, 5) is 26.0. The molecule has 0 spiro atoms. The van der Waals surface area contributed by atoms with Crippen molar-refractivity contribution < 1.29 is 9.59 Å². The number of amides is 2. The summed E-state index contributed by atoms with van der Waals surface area (Å²) in [5.41, 5.74) is -0.687. The molecule has 1 heterocycles. The Hall–Kier alpha value is -1.06. The van der Waals surface area contributed by atoms with Crippen LogP contribution in [-0.4, -0.2) is 34.3 Å². The second kappa shape index (κ2) is 4.44. The first-order valence-corrected chi connectivity index (χ1v) is 6.04. The Bertz CT molecular complexity index is 295.